The lowest BCUT2D eigenvalue weighted by Gasteiger charge is -2.26. The number of fused-ring (bicyclic) bond motifs is 2. The first-order chi connectivity index (χ1) is 19.5. The summed E-state index contributed by atoms with van der Waals surface area (Å²) in [6, 6.07) is 16.4. The number of benzene rings is 2. The molecule has 0 saturated carbocycles. The van der Waals surface area contributed by atoms with Gasteiger partial charge in [-0.15, -0.1) is 0 Å². The molecule has 2 aromatic carbocycles. The molecule has 1 aliphatic rings. The topological polar surface area (TPSA) is 107 Å². The van der Waals surface area contributed by atoms with Crippen LogP contribution in [-0.2, 0) is 48.2 Å². The lowest BCUT2D eigenvalue weighted by molar-refractivity contribution is -0.149. The molecule has 1 aliphatic carbocycles. The molecule has 3 atom stereocenters. The Labute approximate surface area is 243 Å². The van der Waals surface area contributed by atoms with Gasteiger partial charge in [-0.25, -0.2) is 0 Å². The Balaban J connectivity index is 1.70. The minimum Gasteiger partial charge on any atom is -0.461 e. The van der Waals surface area contributed by atoms with Crippen LogP contribution in [0.25, 0.3) is 0 Å². The molecular formula is C34H43NO6. The number of aryl methyl sites for hydroxylation is 1. The highest BCUT2D eigenvalue weighted by Gasteiger charge is 2.34. The predicted octanol–water partition coefficient (Wildman–Crippen LogP) is 5.22. The van der Waals surface area contributed by atoms with Crippen LogP contribution in [0.2, 0.25) is 0 Å². The van der Waals surface area contributed by atoms with Crippen LogP contribution in [0.4, 0.5) is 0 Å². The largest absolute Gasteiger partial charge is 0.461 e. The third-order valence-electron chi connectivity index (χ3n) is 7.62. The summed E-state index contributed by atoms with van der Waals surface area (Å²) in [5.74, 6) is -3.63. The quantitative estimate of drug-likeness (QED) is 0.281. The smallest absolute Gasteiger partial charge is 0.306 e. The maximum atomic E-state index is 13.6. The van der Waals surface area contributed by atoms with Gasteiger partial charge in [0, 0.05) is 18.8 Å². The molecule has 0 heterocycles. The second-order valence-corrected chi connectivity index (χ2v) is 11.9. The van der Waals surface area contributed by atoms with E-state index in [1.165, 1.54) is 0 Å². The van der Waals surface area contributed by atoms with Crippen LogP contribution in [-0.4, -0.2) is 35.3 Å². The number of nitrogens with one attached hydrogen (secondary N) is 1. The van der Waals surface area contributed by atoms with Crippen LogP contribution < -0.4 is 5.32 Å². The Bertz CT molecular complexity index is 1220. The molecule has 7 heteroatoms. The van der Waals surface area contributed by atoms with Crippen LogP contribution in [0.1, 0.15) is 76.5 Å². The van der Waals surface area contributed by atoms with Crippen LogP contribution in [0.15, 0.2) is 54.6 Å². The summed E-state index contributed by atoms with van der Waals surface area (Å²) >= 11 is 0. The SMILES string of the molecule is CC(C)CC(NC(=O)C(CC(=O)OCc1ccccc1)C(C)C)C(=O)CC1Cc2cccc(c2)CCCC(=O)C1=O. The molecule has 0 saturated heterocycles. The Morgan fingerprint density at radius 1 is 0.927 bits per heavy atom. The minimum atomic E-state index is -0.825. The van der Waals surface area contributed by atoms with Crippen molar-refractivity contribution in [2.45, 2.75) is 85.3 Å². The molecule has 0 fully saturated rings. The molecule has 1 amide bonds. The van der Waals surface area contributed by atoms with Crippen molar-refractivity contribution in [1.29, 1.82) is 0 Å². The van der Waals surface area contributed by atoms with E-state index in [0.29, 0.717) is 19.3 Å². The van der Waals surface area contributed by atoms with Crippen molar-refractivity contribution in [3.63, 3.8) is 0 Å². The highest BCUT2D eigenvalue weighted by Crippen LogP contribution is 2.23. The van der Waals surface area contributed by atoms with Crippen molar-refractivity contribution in [1.82, 2.24) is 5.32 Å². The summed E-state index contributed by atoms with van der Waals surface area (Å²) in [6.07, 6.45) is 1.94. The Morgan fingerprint density at radius 2 is 1.63 bits per heavy atom. The number of carbonyl (C=O) groups excluding carboxylic acids is 5. The number of amides is 1. The molecule has 0 radical (unpaired) electrons. The molecule has 3 unspecified atom stereocenters. The van der Waals surface area contributed by atoms with Crippen molar-refractivity contribution in [3.05, 3.63) is 71.3 Å². The lowest BCUT2D eigenvalue weighted by atomic mass is 9.83. The van der Waals surface area contributed by atoms with E-state index in [1.807, 2.05) is 82.3 Å². The number of Topliss-reactive ketones (excluding diaryl/α,β-unsaturated/α-hetero) is 3. The van der Waals surface area contributed by atoms with Crippen molar-refractivity contribution < 1.29 is 28.7 Å². The summed E-state index contributed by atoms with van der Waals surface area (Å²) in [4.78, 5) is 65.4. The number of ketones is 3. The van der Waals surface area contributed by atoms with E-state index >= 15 is 0 Å². The molecule has 2 bridgehead atoms. The van der Waals surface area contributed by atoms with Gasteiger partial charge in [0.05, 0.1) is 18.4 Å². The normalized spacial score (nSPS) is 17.2. The summed E-state index contributed by atoms with van der Waals surface area (Å²) in [7, 11) is 0. The minimum absolute atomic E-state index is 0.0932. The molecule has 2 aromatic rings. The zero-order chi connectivity index (χ0) is 29.9. The number of hydrogen-bond acceptors (Lipinski definition) is 6. The predicted molar refractivity (Wildman–Crippen MR) is 157 cm³/mol. The fraction of sp³-hybridized carbons (Fsp3) is 0.500. The van der Waals surface area contributed by atoms with Gasteiger partial charge in [-0.2, -0.15) is 0 Å². The molecule has 7 nitrogen and oxygen atoms in total. The molecule has 1 N–H and O–H groups in total. The maximum absolute atomic E-state index is 13.6. The second kappa shape index (κ2) is 15.4. The number of hydrogen-bond donors (Lipinski definition) is 1. The van der Waals surface area contributed by atoms with Crippen molar-refractivity contribution in [2.24, 2.45) is 23.7 Å². The second-order valence-electron chi connectivity index (χ2n) is 11.9. The number of carbonyl (C=O) groups is 5. The summed E-state index contributed by atoms with van der Waals surface area (Å²) in [5.41, 5.74) is 2.89. The van der Waals surface area contributed by atoms with Gasteiger partial charge in [0.1, 0.15) is 6.61 Å². The van der Waals surface area contributed by atoms with E-state index in [2.05, 4.69) is 5.32 Å². The third kappa shape index (κ3) is 10.1. The Kier molecular flexibility index (Phi) is 12.0. The van der Waals surface area contributed by atoms with E-state index in [0.717, 1.165) is 23.1 Å². The van der Waals surface area contributed by atoms with Gasteiger partial charge in [-0.3, -0.25) is 24.0 Å². The average molecular weight is 562 g/mol. The standard InChI is InChI=1S/C34H43NO6/c1-22(2)16-29(35-34(40)28(23(3)4)20-32(38)41-21-25-10-6-5-7-11-25)31(37)19-27-18-26-14-8-12-24(17-26)13-9-15-30(36)33(27)39/h5-8,10-12,14,17,22-23,27-29H,9,13,15-16,18-21H2,1-4H3,(H,35,40). The van der Waals surface area contributed by atoms with Crippen molar-refractivity contribution in [2.75, 3.05) is 0 Å². The number of esters is 1. The lowest BCUT2D eigenvalue weighted by Crippen LogP contribution is -2.47. The van der Waals surface area contributed by atoms with Crippen LogP contribution >= 0.6 is 0 Å². The molecule has 0 aliphatic heterocycles. The molecule has 0 aromatic heterocycles. The molecule has 220 valence electrons. The fourth-order valence-electron chi connectivity index (χ4n) is 5.27. The van der Waals surface area contributed by atoms with Crippen molar-refractivity contribution in [3.8, 4) is 0 Å². The van der Waals surface area contributed by atoms with E-state index < -0.39 is 41.3 Å². The maximum Gasteiger partial charge on any atom is 0.306 e. The first-order valence-electron chi connectivity index (χ1n) is 14.7. The van der Waals surface area contributed by atoms with Gasteiger partial charge >= 0.3 is 5.97 Å². The van der Waals surface area contributed by atoms with Crippen LogP contribution in [0.5, 0.6) is 0 Å². The number of ether oxygens (including phenoxy) is 1. The van der Waals surface area contributed by atoms with Gasteiger partial charge < -0.3 is 10.1 Å². The summed E-state index contributed by atoms with van der Waals surface area (Å²) < 4.78 is 5.40. The van der Waals surface area contributed by atoms with E-state index in [9.17, 15) is 24.0 Å². The van der Waals surface area contributed by atoms with Gasteiger partial charge in [-0.05, 0) is 54.2 Å². The zero-order valence-electron chi connectivity index (χ0n) is 24.7. The highest BCUT2D eigenvalue weighted by atomic mass is 16.5. The van der Waals surface area contributed by atoms with Crippen LogP contribution in [0, 0.1) is 23.7 Å². The van der Waals surface area contributed by atoms with Crippen LogP contribution in [0.3, 0.4) is 0 Å². The van der Waals surface area contributed by atoms with E-state index in [1.54, 1.807) is 0 Å². The van der Waals surface area contributed by atoms with Gasteiger partial charge in [0.2, 0.25) is 11.7 Å². The molecule has 41 heavy (non-hydrogen) atoms. The van der Waals surface area contributed by atoms with Gasteiger partial charge in [0.25, 0.3) is 0 Å². The van der Waals surface area contributed by atoms with E-state index in [-0.39, 0.29) is 43.5 Å². The highest BCUT2D eigenvalue weighted by molar-refractivity contribution is 6.38. The first-order valence-corrected chi connectivity index (χ1v) is 14.7. The monoisotopic (exact) mass is 561 g/mol. The Morgan fingerprint density at radius 3 is 2.32 bits per heavy atom. The summed E-state index contributed by atoms with van der Waals surface area (Å²) in [5, 5.41) is 2.89. The first kappa shape index (κ1) is 31.9. The Hall–Kier alpha value is -3.61. The molecule has 0 spiro atoms. The third-order valence-corrected chi connectivity index (χ3v) is 7.62. The average Bonchev–Trinajstić information content (AvgIpc) is 2.93. The molecular weight excluding hydrogens is 518 g/mol. The molecule has 3 rings (SSSR count). The summed E-state index contributed by atoms with van der Waals surface area (Å²) in [6.45, 7) is 7.74. The number of rotatable bonds is 12. The fourth-order valence-corrected chi connectivity index (χ4v) is 5.27. The zero-order valence-corrected chi connectivity index (χ0v) is 24.7. The van der Waals surface area contributed by atoms with E-state index in [4.69, 9.17) is 4.74 Å². The van der Waals surface area contributed by atoms with Gasteiger partial charge in [-0.1, -0.05) is 82.3 Å². The van der Waals surface area contributed by atoms with Gasteiger partial charge in [0.15, 0.2) is 11.6 Å². The van der Waals surface area contributed by atoms with Crippen molar-refractivity contribution >= 4 is 29.2 Å².